The number of pyridine rings is 2. The SMILES string of the molecule is CCn1c(=O)c(-c2cc(NC(=O)Nc3cccc(F)c3F)c(F)cc2Cl)cc2cnc(NC)cc21. The maximum absolute atomic E-state index is 14.6. The Morgan fingerprint density at radius 2 is 1.77 bits per heavy atom. The zero-order valence-corrected chi connectivity index (χ0v) is 19.3. The fourth-order valence-corrected chi connectivity index (χ4v) is 3.90. The number of halogens is 4. The van der Waals surface area contributed by atoms with Gasteiger partial charge in [0.2, 0.25) is 0 Å². The van der Waals surface area contributed by atoms with Gasteiger partial charge in [0.25, 0.3) is 5.56 Å². The van der Waals surface area contributed by atoms with Crippen LogP contribution < -0.4 is 21.5 Å². The van der Waals surface area contributed by atoms with Gasteiger partial charge in [-0.05, 0) is 37.3 Å². The molecule has 0 aliphatic heterocycles. The van der Waals surface area contributed by atoms with Crippen LogP contribution in [0.25, 0.3) is 22.0 Å². The van der Waals surface area contributed by atoms with E-state index in [0.29, 0.717) is 23.3 Å². The zero-order valence-electron chi connectivity index (χ0n) is 18.5. The van der Waals surface area contributed by atoms with Crippen LogP contribution in [0.5, 0.6) is 0 Å². The van der Waals surface area contributed by atoms with Crippen molar-refractivity contribution in [2.45, 2.75) is 13.5 Å². The number of rotatable bonds is 5. The molecule has 2 amide bonds. The molecule has 35 heavy (non-hydrogen) atoms. The highest BCUT2D eigenvalue weighted by Crippen LogP contribution is 2.33. The molecule has 3 N–H and O–H groups in total. The Morgan fingerprint density at radius 3 is 2.49 bits per heavy atom. The standard InChI is InChI=1S/C24H19ClF3N5O2/c1-3-33-20-10-21(29-2)30-11-12(20)7-14(23(33)34)13-8-19(17(27)9-15(13)25)32-24(35)31-18-6-4-5-16(26)22(18)28/h4-11H,3H2,1-2H3,(H,29,30)(H2,31,32,35). The third-order valence-corrected chi connectivity index (χ3v) is 5.66. The number of aromatic nitrogens is 2. The third kappa shape index (κ3) is 4.65. The predicted molar refractivity (Wildman–Crippen MR) is 131 cm³/mol. The average molecular weight is 502 g/mol. The van der Waals surface area contributed by atoms with E-state index in [1.165, 1.54) is 16.7 Å². The molecule has 11 heteroatoms. The number of fused-ring (bicyclic) bond motifs is 1. The molecule has 0 aliphatic carbocycles. The molecule has 2 aromatic heterocycles. The zero-order chi connectivity index (χ0) is 25.3. The Hall–Kier alpha value is -4.05. The van der Waals surface area contributed by atoms with Crippen molar-refractivity contribution in [3.8, 4) is 11.1 Å². The first-order chi connectivity index (χ1) is 16.7. The Labute approximate surface area is 202 Å². The van der Waals surface area contributed by atoms with Crippen molar-refractivity contribution >= 4 is 45.7 Å². The summed E-state index contributed by atoms with van der Waals surface area (Å²) in [5.41, 5.74) is -0.126. The molecule has 0 aliphatic rings. The summed E-state index contributed by atoms with van der Waals surface area (Å²) in [5.74, 6) is -2.71. The normalized spacial score (nSPS) is 10.9. The third-order valence-electron chi connectivity index (χ3n) is 5.35. The van der Waals surface area contributed by atoms with Crippen molar-refractivity contribution in [3.05, 3.63) is 81.5 Å². The number of benzene rings is 2. The first kappa shape index (κ1) is 24.1. The van der Waals surface area contributed by atoms with Crippen LogP contribution >= 0.6 is 11.6 Å². The van der Waals surface area contributed by atoms with Crippen molar-refractivity contribution < 1.29 is 18.0 Å². The van der Waals surface area contributed by atoms with E-state index in [1.807, 2.05) is 0 Å². The fourth-order valence-electron chi connectivity index (χ4n) is 3.64. The maximum Gasteiger partial charge on any atom is 0.323 e. The van der Waals surface area contributed by atoms with E-state index in [4.69, 9.17) is 11.6 Å². The molecule has 0 atom stereocenters. The molecule has 0 spiro atoms. The highest BCUT2D eigenvalue weighted by molar-refractivity contribution is 6.33. The number of hydrogen-bond donors (Lipinski definition) is 3. The number of anilines is 3. The Balaban J connectivity index is 1.75. The topological polar surface area (TPSA) is 88.1 Å². The summed E-state index contributed by atoms with van der Waals surface area (Å²) >= 11 is 6.27. The van der Waals surface area contributed by atoms with Crippen molar-refractivity contribution in [2.75, 3.05) is 23.0 Å². The van der Waals surface area contributed by atoms with Crippen LogP contribution in [0, 0.1) is 17.5 Å². The van der Waals surface area contributed by atoms with Crippen LogP contribution in [0.2, 0.25) is 5.02 Å². The van der Waals surface area contributed by atoms with E-state index in [0.717, 1.165) is 18.2 Å². The van der Waals surface area contributed by atoms with Crippen LogP contribution in [0.4, 0.5) is 35.2 Å². The predicted octanol–water partition coefficient (Wildman–Crippen LogP) is 5.84. The minimum atomic E-state index is -1.26. The van der Waals surface area contributed by atoms with Gasteiger partial charge in [-0.25, -0.2) is 22.9 Å². The summed E-state index contributed by atoms with van der Waals surface area (Å²) in [6.45, 7) is 2.15. The molecule has 2 heterocycles. The minimum Gasteiger partial charge on any atom is -0.373 e. The number of nitrogens with one attached hydrogen (secondary N) is 3. The Bertz CT molecular complexity index is 1520. The first-order valence-corrected chi connectivity index (χ1v) is 10.8. The average Bonchev–Trinajstić information content (AvgIpc) is 2.83. The molecular formula is C24H19ClF3N5O2. The van der Waals surface area contributed by atoms with E-state index in [1.54, 1.807) is 32.3 Å². The largest absolute Gasteiger partial charge is 0.373 e. The van der Waals surface area contributed by atoms with Crippen LogP contribution in [-0.2, 0) is 6.54 Å². The van der Waals surface area contributed by atoms with Gasteiger partial charge in [-0.1, -0.05) is 17.7 Å². The second-order valence-corrected chi connectivity index (χ2v) is 7.89. The fraction of sp³-hybridized carbons (Fsp3) is 0.125. The smallest absolute Gasteiger partial charge is 0.323 e. The first-order valence-electron chi connectivity index (χ1n) is 10.5. The monoisotopic (exact) mass is 501 g/mol. The lowest BCUT2D eigenvalue weighted by Crippen LogP contribution is -2.22. The molecule has 4 rings (SSSR count). The van der Waals surface area contributed by atoms with E-state index >= 15 is 0 Å². The number of nitrogens with zero attached hydrogens (tertiary/aromatic N) is 2. The minimum absolute atomic E-state index is 0.0523. The number of urea groups is 1. The number of amides is 2. The van der Waals surface area contributed by atoms with Crippen molar-refractivity contribution in [3.63, 3.8) is 0 Å². The van der Waals surface area contributed by atoms with Crippen molar-refractivity contribution in [2.24, 2.45) is 0 Å². The second-order valence-electron chi connectivity index (χ2n) is 7.48. The van der Waals surface area contributed by atoms with E-state index in [2.05, 4.69) is 20.9 Å². The number of carbonyl (C=O) groups is 1. The summed E-state index contributed by atoms with van der Waals surface area (Å²) in [5, 5.41) is 7.88. The molecule has 0 fully saturated rings. The molecule has 0 bridgehead atoms. The number of hydrogen-bond acceptors (Lipinski definition) is 4. The van der Waals surface area contributed by atoms with Gasteiger partial charge in [0.15, 0.2) is 11.6 Å². The van der Waals surface area contributed by atoms with Crippen molar-refractivity contribution in [1.82, 2.24) is 9.55 Å². The summed E-state index contributed by atoms with van der Waals surface area (Å²) in [6, 6.07) is 7.72. The Kier molecular flexibility index (Phi) is 6.65. The summed E-state index contributed by atoms with van der Waals surface area (Å²) < 4.78 is 43.4. The Morgan fingerprint density at radius 1 is 1.03 bits per heavy atom. The number of carbonyl (C=O) groups excluding carboxylic acids is 1. The lowest BCUT2D eigenvalue weighted by molar-refractivity contribution is 0.262. The molecule has 0 radical (unpaired) electrons. The number of aryl methyl sites for hydroxylation is 1. The van der Waals surface area contributed by atoms with Gasteiger partial charge in [-0.15, -0.1) is 0 Å². The van der Waals surface area contributed by atoms with Gasteiger partial charge >= 0.3 is 6.03 Å². The van der Waals surface area contributed by atoms with E-state index < -0.39 is 29.2 Å². The molecule has 0 saturated carbocycles. The molecule has 0 unspecified atom stereocenters. The molecule has 4 aromatic rings. The van der Waals surface area contributed by atoms with E-state index in [9.17, 15) is 22.8 Å². The molecule has 7 nitrogen and oxygen atoms in total. The summed E-state index contributed by atoms with van der Waals surface area (Å²) in [4.78, 5) is 29.9. The highest BCUT2D eigenvalue weighted by atomic mass is 35.5. The van der Waals surface area contributed by atoms with E-state index in [-0.39, 0.29) is 27.4 Å². The van der Waals surface area contributed by atoms with Gasteiger partial charge in [0, 0.05) is 42.4 Å². The van der Waals surface area contributed by atoms with Crippen LogP contribution in [0.3, 0.4) is 0 Å². The molecular weight excluding hydrogens is 483 g/mol. The second kappa shape index (κ2) is 9.67. The van der Waals surface area contributed by atoms with Gasteiger partial charge in [-0.3, -0.25) is 4.79 Å². The van der Waals surface area contributed by atoms with Crippen LogP contribution in [0.15, 0.2) is 53.5 Å². The quantitative estimate of drug-likeness (QED) is 0.320. The van der Waals surface area contributed by atoms with Crippen molar-refractivity contribution in [1.29, 1.82) is 0 Å². The van der Waals surface area contributed by atoms with Gasteiger partial charge < -0.3 is 20.5 Å². The lowest BCUT2D eigenvalue weighted by Gasteiger charge is -2.15. The molecule has 2 aromatic carbocycles. The lowest BCUT2D eigenvalue weighted by atomic mass is 10.0. The molecule has 180 valence electrons. The molecule has 0 saturated heterocycles. The van der Waals surface area contributed by atoms with Crippen LogP contribution in [-0.4, -0.2) is 22.6 Å². The summed E-state index contributed by atoms with van der Waals surface area (Å²) in [7, 11) is 1.71. The maximum atomic E-state index is 14.6. The van der Waals surface area contributed by atoms with Crippen LogP contribution in [0.1, 0.15) is 6.92 Å². The highest BCUT2D eigenvalue weighted by Gasteiger charge is 2.18. The summed E-state index contributed by atoms with van der Waals surface area (Å²) in [6.07, 6.45) is 1.59. The van der Waals surface area contributed by atoms with Gasteiger partial charge in [0.05, 0.1) is 21.9 Å². The van der Waals surface area contributed by atoms with Gasteiger partial charge in [-0.2, -0.15) is 0 Å². The van der Waals surface area contributed by atoms with Gasteiger partial charge in [0.1, 0.15) is 11.6 Å².